The van der Waals surface area contributed by atoms with Crippen LogP contribution < -0.4 is 15.1 Å². The van der Waals surface area contributed by atoms with Gasteiger partial charge in [0, 0.05) is 17.2 Å². The maximum Gasteiger partial charge on any atom is 2.00 e. The number of rotatable bonds is 6. The van der Waals surface area contributed by atoms with E-state index in [1.807, 2.05) is 36.4 Å². The summed E-state index contributed by atoms with van der Waals surface area (Å²) in [4.78, 5) is 40.1. The van der Waals surface area contributed by atoms with Crippen molar-refractivity contribution in [1.29, 1.82) is 0 Å². The van der Waals surface area contributed by atoms with Gasteiger partial charge in [0.1, 0.15) is 0 Å². The molecule has 0 unspecified atom stereocenters. The van der Waals surface area contributed by atoms with Crippen molar-refractivity contribution in [3.63, 3.8) is 0 Å². The molecule has 1 heterocycles. The number of carbonyl (C=O) groups is 1. The summed E-state index contributed by atoms with van der Waals surface area (Å²) in [6, 6.07) is 18.1. The Morgan fingerprint density at radius 2 is 1.85 bits per heavy atom. The molecule has 1 amide bonds. The molecule has 7 nitrogen and oxygen atoms in total. The number of pyridine rings is 1. The van der Waals surface area contributed by atoms with E-state index in [2.05, 4.69) is 14.8 Å². The molecule has 2 aliphatic rings. The summed E-state index contributed by atoms with van der Waals surface area (Å²) >= 11 is 0. The van der Waals surface area contributed by atoms with Gasteiger partial charge in [0.15, 0.2) is 5.60 Å². The van der Waals surface area contributed by atoms with Gasteiger partial charge in [-0.3, -0.25) is 9.78 Å². The van der Waals surface area contributed by atoms with E-state index in [-0.39, 0.29) is 50.1 Å². The molecule has 3 atom stereocenters. The molecular weight excluding hydrogens is 584 g/mol. The molecule has 1 fully saturated rings. The predicted molar refractivity (Wildman–Crippen MR) is 144 cm³/mol. The molecule has 0 radical (unpaired) electrons. The van der Waals surface area contributed by atoms with E-state index >= 15 is 0 Å². The normalized spacial score (nSPS) is 24.0. The van der Waals surface area contributed by atoms with Crippen LogP contribution in [0.5, 0.6) is 0 Å². The second-order valence-electron chi connectivity index (χ2n) is 10.8. The van der Waals surface area contributed by atoms with E-state index in [1.54, 1.807) is 37.4 Å². The van der Waals surface area contributed by atoms with E-state index in [1.165, 1.54) is 0 Å². The Morgan fingerprint density at radius 1 is 1.12 bits per heavy atom. The zero-order chi connectivity index (χ0) is 28.8. The van der Waals surface area contributed by atoms with E-state index in [0.29, 0.717) is 36.2 Å². The molecule has 0 aliphatic heterocycles. The summed E-state index contributed by atoms with van der Waals surface area (Å²) in [5, 5.41) is 2.86. The van der Waals surface area contributed by atoms with Gasteiger partial charge in [0.05, 0.1) is 19.2 Å². The summed E-state index contributed by atoms with van der Waals surface area (Å²) in [5.41, 5.74) is 0.456. The molecule has 0 bridgehead atoms. The van der Waals surface area contributed by atoms with Crippen molar-refractivity contribution >= 4 is 57.2 Å². The van der Waals surface area contributed by atoms with Crippen LogP contribution in [0.15, 0.2) is 66.9 Å². The number of nitrogens with one attached hydrogen (secondary N) is 1. The minimum absolute atomic E-state index is 0. The summed E-state index contributed by atoms with van der Waals surface area (Å²) in [5.74, 6) is -0.937. The Labute approximate surface area is 266 Å². The van der Waals surface area contributed by atoms with Crippen LogP contribution in [0.4, 0.5) is 18.9 Å². The van der Waals surface area contributed by atoms with Crippen LogP contribution in [0.3, 0.4) is 0 Å². The van der Waals surface area contributed by atoms with Gasteiger partial charge in [-0.1, -0.05) is 36.4 Å². The average Bonchev–Trinajstić information content (AvgIpc) is 2.89. The molecule has 1 aromatic heterocycles. The SMILES string of the molecule is Cc1ncccc1NC(=O)c1ccc2c(c1)CC[C@@H]1C[C@@](OP(=O)([O-])[O-])(C(F)(F)F)CC[C@@]21Cc1ccccc1.[Ca+2]. The van der Waals surface area contributed by atoms with Crippen molar-refractivity contribution in [2.75, 3.05) is 5.32 Å². The topological polar surface area (TPSA) is 114 Å². The number of nitrogens with zero attached hydrogens (tertiary/aromatic N) is 1. The van der Waals surface area contributed by atoms with Crippen LogP contribution in [-0.2, 0) is 27.3 Å². The third-order valence-corrected chi connectivity index (χ3v) is 8.99. The van der Waals surface area contributed by atoms with Gasteiger partial charge < -0.3 is 24.2 Å². The van der Waals surface area contributed by atoms with Gasteiger partial charge in [-0.05, 0) is 92.3 Å². The minimum Gasteiger partial charge on any atom is -0.790 e. The number of alkyl halides is 3. The van der Waals surface area contributed by atoms with E-state index in [4.69, 9.17) is 0 Å². The molecule has 41 heavy (non-hydrogen) atoms. The number of anilines is 1. The third-order valence-electron chi connectivity index (χ3n) is 8.42. The Bertz CT molecular complexity index is 1470. The first-order chi connectivity index (χ1) is 18.8. The fraction of sp³-hybridized carbons (Fsp3) is 0.379. The second-order valence-corrected chi connectivity index (χ2v) is 11.8. The largest absolute Gasteiger partial charge is 2.00 e. The van der Waals surface area contributed by atoms with Crippen molar-refractivity contribution in [3.05, 3.63) is 94.8 Å². The Morgan fingerprint density at radius 3 is 2.51 bits per heavy atom. The van der Waals surface area contributed by atoms with Crippen molar-refractivity contribution in [2.45, 2.75) is 62.6 Å². The monoisotopic (exact) mass is 612 g/mol. The molecule has 2 aromatic carbocycles. The molecule has 212 valence electrons. The summed E-state index contributed by atoms with van der Waals surface area (Å²) in [6.07, 6.45) is -3.63. The van der Waals surface area contributed by atoms with Crippen LogP contribution in [0.2, 0.25) is 0 Å². The Hall–Kier alpha value is -1.78. The van der Waals surface area contributed by atoms with Crippen molar-refractivity contribution in [1.82, 2.24) is 4.98 Å². The summed E-state index contributed by atoms with van der Waals surface area (Å²) in [6.45, 7) is 1.78. The molecule has 3 aromatic rings. The maximum absolute atomic E-state index is 14.3. The first kappa shape index (κ1) is 32.1. The van der Waals surface area contributed by atoms with E-state index in [0.717, 1.165) is 16.7 Å². The predicted octanol–water partition coefficient (Wildman–Crippen LogP) is 4.63. The van der Waals surface area contributed by atoms with Gasteiger partial charge in [-0.25, -0.2) is 0 Å². The van der Waals surface area contributed by atoms with Crippen LogP contribution in [-0.4, -0.2) is 60.4 Å². The average molecular weight is 613 g/mol. The van der Waals surface area contributed by atoms with Crippen LogP contribution >= 0.6 is 7.82 Å². The Balaban J connectivity index is 0.00000387. The number of halogens is 3. The fourth-order valence-electron chi connectivity index (χ4n) is 6.52. The number of hydrogen-bond donors (Lipinski definition) is 1. The van der Waals surface area contributed by atoms with Crippen LogP contribution in [0.25, 0.3) is 0 Å². The molecule has 2 aliphatic carbocycles. The Kier molecular flexibility index (Phi) is 9.47. The van der Waals surface area contributed by atoms with Crippen molar-refractivity contribution in [3.8, 4) is 0 Å². The molecule has 0 spiro atoms. The molecule has 1 saturated carbocycles. The number of amides is 1. The molecular formula is C29H28CaF3N2O5P. The van der Waals surface area contributed by atoms with E-state index < -0.39 is 43.8 Å². The third kappa shape index (κ3) is 6.59. The molecule has 5 rings (SSSR count). The molecule has 1 N–H and O–H groups in total. The fourth-order valence-corrected chi connectivity index (χ4v) is 7.22. The second kappa shape index (κ2) is 12.1. The zero-order valence-corrected chi connectivity index (χ0v) is 25.6. The number of aryl methyl sites for hydroxylation is 2. The van der Waals surface area contributed by atoms with Gasteiger partial charge in [0.2, 0.25) is 0 Å². The first-order valence-corrected chi connectivity index (χ1v) is 14.5. The number of phosphoric acid groups is 1. The number of benzene rings is 2. The summed E-state index contributed by atoms with van der Waals surface area (Å²) in [7, 11) is -5.92. The molecule has 0 saturated heterocycles. The van der Waals surface area contributed by atoms with Crippen molar-refractivity contribution < 1.29 is 36.8 Å². The first-order valence-electron chi connectivity index (χ1n) is 13.0. The van der Waals surface area contributed by atoms with Crippen LogP contribution in [0.1, 0.15) is 58.4 Å². The van der Waals surface area contributed by atoms with Gasteiger partial charge in [-0.2, -0.15) is 13.2 Å². The standard InChI is InChI=1S/C29H30F3N2O5P.Ca/c1-19-25(8-5-15-33-19)34-26(35)22-10-12-24-21(16-22)9-11-23-18-28(29(30,31)32,39-40(36,37)38)14-13-27(23,24)17-20-6-3-2-4-7-20;/h2-8,10,12,15-16,23H,9,11,13-14,17-18H2,1H3,(H,34,35)(H2,36,37,38);/q;+2/p-2/t23-,27+,28-;/m1./s1. The number of hydrogen-bond acceptors (Lipinski definition) is 6. The molecule has 12 heteroatoms. The minimum atomic E-state index is -5.92. The van der Waals surface area contributed by atoms with Gasteiger partial charge in [0.25, 0.3) is 5.91 Å². The maximum atomic E-state index is 14.3. The van der Waals surface area contributed by atoms with E-state index in [9.17, 15) is 32.3 Å². The number of phosphoric ester groups is 1. The van der Waals surface area contributed by atoms with Crippen LogP contribution in [0, 0.1) is 12.8 Å². The van der Waals surface area contributed by atoms with Gasteiger partial charge >= 0.3 is 43.9 Å². The zero-order valence-electron chi connectivity index (χ0n) is 22.4. The number of aromatic nitrogens is 1. The van der Waals surface area contributed by atoms with Gasteiger partial charge in [-0.15, -0.1) is 0 Å². The quantitative estimate of drug-likeness (QED) is 0.321. The van der Waals surface area contributed by atoms with Crippen molar-refractivity contribution in [2.24, 2.45) is 5.92 Å². The number of fused-ring (bicyclic) bond motifs is 3. The smallest absolute Gasteiger partial charge is 0.790 e. The number of carbonyl (C=O) groups excluding carboxylic acids is 1. The summed E-state index contributed by atoms with van der Waals surface area (Å²) < 4.78 is 58.7.